The van der Waals surface area contributed by atoms with Gasteiger partial charge in [-0.05, 0) is 64.4 Å². The van der Waals surface area contributed by atoms with Crippen LogP contribution in [0.5, 0.6) is 0 Å². The average molecular weight is 477 g/mol. The van der Waals surface area contributed by atoms with Gasteiger partial charge in [0.1, 0.15) is 17.6 Å². The lowest BCUT2D eigenvalue weighted by Crippen LogP contribution is -2.41. The molecule has 4 N–H and O–H groups in total. The highest BCUT2D eigenvalue weighted by Crippen LogP contribution is 2.20. The van der Waals surface area contributed by atoms with Gasteiger partial charge in [-0.3, -0.25) is 4.79 Å². The summed E-state index contributed by atoms with van der Waals surface area (Å²) in [7, 11) is 0. The van der Waals surface area contributed by atoms with E-state index in [1.807, 2.05) is 55.1 Å². The van der Waals surface area contributed by atoms with Gasteiger partial charge in [-0.1, -0.05) is 0 Å². The summed E-state index contributed by atoms with van der Waals surface area (Å²) in [6.07, 6.45) is 3.91. The number of fused-ring (bicyclic) bond motifs is 1. The molecule has 35 heavy (non-hydrogen) atoms. The molecule has 3 aromatic heterocycles. The number of ketones is 1. The molecule has 9 nitrogen and oxygen atoms in total. The molecule has 0 aliphatic rings. The van der Waals surface area contributed by atoms with E-state index in [-0.39, 0.29) is 5.78 Å². The van der Waals surface area contributed by atoms with Gasteiger partial charge in [0.25, 0.3) is 5.91 Å². The summed E-state index contributed by atoms with van der Waals surface area (Å²) >= 11 is 0. The number of aromatic amines is 2. The highest BCUT2D eigenvalue weighted by molar-refractivity contribution is 5.99. The zero-order chi connectivity index (χ0) is 25.5. The quantitative estimate of drug-likeness (QED) is 0.376. The largest absolute Gasteiger partial charge is 0.480 e. The molecule has 3 heterocycles. The number of hydrogen-bond acceptors (Lipinski definition) is 4. The van der Waals surface area contributed by atoms with Crippen molar-refractivity contribution in [1.29, 1.82) is 0 Å². The van der Waals surface area contributed by atoms with Crippen LogP contribution in [0.2, 0.25) is 0 Å². The molecule has 9 heteroatoms. The number of hydrogen-bond donors (Lipinski definition) is 3. The molecule has 0 fully saturated rings. The number of carboxylic acid groups (broad SMARTS) is 1. The number of H-pyrrole nitrogens is 2. The number of benzene rings is 1. The van der Waals surface area contributed by atoms with Crippen molar-refractivity contribution in [2.24, 2.45) is 0 Å². The van der Waals surface area contributed by atoms with Crippen molar-refractivity contribution in [2.45, 2.75) is 46.7 Å². The number of aliphatic carboxylic acids is 1. The Morgan fingerprint density at radius 3 is 2.29 bits per heavy atom. The molecule has 0 saturated carbocycles. The second-order valence-corrected chi connectivity index (χ2v) is 8.43. The van der Waals surface area contributed by atoms with Crippen LogP contribution in [0.15, 0.2) is 54.9 Å². The van der Waals surface area contributed by atoms with Gasteiger partial charge in [-0.25, -0.2) is 14.8 Å². The van der Waals surface area contributed by atoms with E-state index in [4.69, 9.17) is 0 Å². The predicted molar refractivity (Wildman–Crippen MR) is 132 cm³/mol. The number of carbonyl (C=O) groups is 3. The Morgan fingerprint density at radius 1 is 1.06 bits per heavy atom. The number of imidazole rings is 1. The molecule has 0 bridgehead atoms. The summed E-state index contributed by atoms with van der Waals surface area (Å²) in [5.74, 6) is -0.621. The van der Waals surface area contributed by atoms with Crippen molar-refractivity contribution >= 4 is 28.7 Å². The third-order valence-corrected chi connectivity index (χ3v) is 5.40. The van der Waals surface area contributed by atoms with Crippen LogP contribution in [-0.4, -0.2) is 43.3 Å². The number of nitrogens with zero attached hydrogens (tertiary/aromatic N) is 2. The number of Topliss-reactive ketones (excluding diaryl/α,β-unsaturated/α-hetero) is 1. The van der Waals surface area contributed by atoms with Gasteiger partial charge in [0.05, 0.1) is 11.0 Å². The lowest BCUT2D eigenvalue weighted by Gasteiger charge is -2.16. The first-order valence-electron chi connectivity index (χ1n) is 11.3. The first-order chi connectivity index (χ1) is 16.7. The van der Waals surface area contributed by atoms with Crippen LogP contribution in [0.1, 0.15) is 42.0 Å². The summed E-state index contributed by atoms with van der Waals surface area (Å²) in [4.78, 5) is 44.7. The molecule has 4 rings (SSSR count). The van der Waals surface area contributed by atoms with E-state index in [1.54, 1.807) is 18.2 Å². The molecule has 0 aliphatic heterocycles. The molecule has 1 unspecified atom stereocenters. The van der Waals surface area contributed by atoms with Crippen molar-refractivity contribution in [2.75, 3.05) is 0 Å². The molecular formula is C26H30N5O4+. The first kappa shape index (κ1) is 25.4. The van der Waals surface area contributed by atoms with Gasteiger partial charge in [-0.15, -0.1) is 0 Å². The fourth-order valence-electron chi connectivity index (χ4n) is 3.64. The van der Waals surface area contributed by atoms with Gasteiger partial charge >= 0.3 is 5.97 Å². The number of aryl methyl sites for hydroxylation is 2. The van der Waals surface area contributed by atoms with Gasteiger partial charge in [0.2, 0.25) is 0 Å². The van der Waals surface area contributed by atoms with Crippen molar-refractivity contribution in [3.8, 4) is 11.4 Å². The molecule has 1 amide bonds. The SMILES string of the molecule is CC(C)=O.Cc1ccc(C)n1CCC(NC(=O)c1ccc2nc(-c3cc[nH+]cc3)[nH]c2c1)C(=O)O. The summed E-state index contributed by atoms with van der Waals surface area (Å²) in [6, 6.07) is 11.9. The number of nitrogens with one attached hydrogen (secondary N) is 3. The second kappa shape index (κ2) is 11.2. The van der Waals surface area contributed by atoms with E-state index in [1.165, 1.54) is 13.8 Å². The minimum Gasteiger partial charge on any atom is -0.480 e. The number of rotatable bonds is 7. The average Bonchev–Trinajstić information content (AvgIpc) is 3.39. The molecule has 0 aliphatic carbocycles. The molecule has 0 spiro atoms. The molecule has 4 aromatic rings. The van der Waals surface area contributed by atoms with Crippen LogP contribution >= 0.6 is 0 Å². The Bertz CT molecular complexity index is 1320. The summed E-state index contributed by atoms with van der Waals surface area (Å²) in [6.45, 7) is 7.52. The number of carboxylic acids is 1. The summed E-state index contributed by atoms with van der Waals surface area (Å²) in [5.41, 5.74) is 4.86. The van der Waals surface area contributed by atoms with Crippen LogP contribution in [-0.2, 0) is 16.1 Å². The lowest BCUT2D eigenvalue weighted by atomic mass is 10.1. The monoisotopic (exact) mass is 476 g/mol. The summed E-state index contributed by atoms with van der Waals surface area (Å²) in [5, 5.41) is 12.2. The predicted octanol–water partition coefficient (Wildman–Crippen LogP) is 3.33. The van der Waals surface area contributed by atoms with E-state index in [2.05, 4.69) is 20.3 Å². The van der Waals surface area contributed by atoms with E-state index in [0.717, 1.165) is 22.5 Å². The summed E-state index contributed by atoms with van der Waals surface area (Å²) < 4.78 is 2.04. The fourth-order valence-corrected chi connectivity index (χ4v) is 3.64. The fraction of sp³-hybridized carbons (Fsp3) is 0.269. The Balaban J connectivity index is 0.000000795. The van der Waals surface area contributed by atoms with Crippen LogP contribution in [0.4, 0.5) is 0 Å². The Kier molecular flexibility index (Phi) is 8.14. The second-order valence-electron chi connectivity index (χ2n) is 8.43. The first-order valence-corrected chi connectivity index (χ1v) is 11.3. The van der Waals surface area contributed by atoms with Gasteiger partial charge < -0.3 is 24.8 Å². The van der Waals surface area contributed by atoms with Crippen LogP contribution in [0.3, 0.4) is 0 Å². The number of amides is 1. The zero-order valence-corrected chi connectivity index (χ0v) is 20.3. The molecule has 0 saturated heterocycles. The third-order valence-electron chi connectivity index (χ3n) is 5.40. The van der Waals surface area contributed by atoms with Crippen LogP contribution in [0, 0.1) is 13.8 Å². The van der Waals surface area contributed by atoms with Crippen molar-refractivity contribution in [1.82, 2.24) is 19.9 Å². The number of carbonyl (C=O) groups excluding carboxylic acids is 2. The van der Waals surface area contributed by atoms with Gasteiger partial charge in [-0.2, -0.15) is 0 Å². The topological polar surface area (TPSA) is 131 Å². The van der Waals surface area contributed by atoms with Gasteiger partial charge in [0.15, 0.2) is 12.4 Å². The van der Waals surface area contributed by atoms with Crippen LogP contribution < -0.4 is 10.3 Å². The molecule has 1 atom stereocenters. The minimum atomic E-state index is -1.05. The lowest BCUT2D eigenvalue weighted by molar-refractivity contribution is -0.377. The molecular weight excluding hydrogens is 446 g/mol. The zero-order valence-electron chi connectivity index (χ0n) is 20.3. The van der Waals surface area contributed by atoms with Crippen molar-refractivity contribution in [3.63, 3.8) is 0 Å². The van der Waals surface area contributed by atoms with E-state index < -0.39 is 17.9 Å². The van der Waals surface area contributed by atoms with Crippen LogP contribution in [0.25, 0.3) is 22.4 Å². The smallest absolute Gasteiger partial charge is 0.326 e. The van der Waals surface area contributed by atoms with Crippen molar-refractivity contribution < 1.29 is 24.5 Å². The van der Waals surface area contributed by atoms with E-state index in [9.17, 15) is 19.5 Å². The molecule has 182 valence electrons. The third kappa shape index (κ3) is 6.63. The van der Waals surface area contributed by atoms with Crippen molar-refractivity contribution in [3.05, 3.63) is 71.8 Å². The maximum Gasteiger partial charge on any atom is 0.326 e. The Labute approximate surface area is 203 Å². The maximum absolute atomic E-state index is 12.8. The highest BCUT2D eigenvalue weighted by Gasteiger charge is 2.21. The normalized spacial score (nSPS) is 11.4. The number of aromatic nitrogens is 4. The standard InChI is InChI=1S/C23H23N5O3.C3H6O/c1-14-3-4-15(2)28(14)12-9-19(23(30)31)27-22(29)17-5-6-18-20(13-17)26-21(25-18)16-7-10-24-11-8-16;1-3(2)4/h3-8,10-11,13,19H,9,12H2,1-2H3,(H,25,26)(H,27,29)(H,30,31);1-2H3/p+1. The van der Waals surface area contributed by atoms with E-state index in [0.29, 0.717) is 29.9 Å². The molecule has 1 aromatic carbocycles. The number of pyridine rings is 1. The maximum atomic E-state index is 12.8. The Morgan fingerprint density at radius 2 is 1.69 bits per heavy atom. The van der Waals surface area contributed by atoms with Gasteiger partial charge in [0, 0.05) is 41.2 Å². The van der Waals surface area contributed by atoms with E-state index >= 15 is 0 Å². The molecule has 0 radical (unpaired) electrons. The highest BCUT2D eigenvalue weighted by atomic mass is 16.4. The Hall–Kier alpha value is -4.27. The minimum absolute atomic E-state index is 0.167.